The van der Waals surface area contributed by atoms with Crippen molar-refractivity contribution in [2.75, 3.05) is 0 Å². The number of benzene rings is 1. The monoisotopic (exact) mass is 396 g/mol. The highest BCUT2D eigenvalue weighted by Crippen LogP contribution is 2.33. The van der Waals surface area contributed by atoms with E-state index in [1.807, 2.05) is 31.2 Å². The second kappa shape index (κ2) is 7.70. The molecule has 148 valence electrons. The topological polar surface area (TPSA) is 42.3 Å². The summed E-state index contributed by atoms with van der Waals surface area (Å²) in [5.41, 5.74) is 0.941. The van der Waals surface area contributed by atoms with Crippen LogP contribution >= 0.6 is 11.3 Å². The van der Waals surface area contributed by atoms with Crippen molar-refractivity contribution in [1.82, 2.24) is 9.47 Å². The molecule has 0 radical (unpaired) electrons. The van der Waals surface area contributed by atoms with E-state index in [0.29, 0.717) is 22.8 Å². The lowest BCUT2D eigenvalue weighted by Gasteiger charge is -2.37. The Bertz CT molecular complexity index is 1070. The standard InChI is InChI=1S/C23H28N2O2S/c1-4-24-19-13-9-8-12-17(19)21-18(22(24)26)14-20(28-21)23(27)25(15(2)3)16-10-6-5-7-11-16/h8-9,12-16H,4-7,10-11H2,1-3H3. The smallest absolute Gasteiger partial charge is 0.264 e. The number of thiophene rings is 1. The van der Waals surface area contributed by atoms with Crippen LogP contribution in [0, 0.1) is 0 Å². The summed E-state index contributed by atoms with van der Waals surface area (Å²) in [5.74, 6) is 0.0784. The van der Waals surface area contributed by atoms with Gasteiger partial charge in [-0.15, -0.1) is 11.3 Å². The van der Waals surface area contributed by atoms with E-state index in [0.717, 1.165) is 28.4 Å². The van der Waals surface area contributed by atoms with E-state index in [1.165, 1.54) is 30.6 Å². The van der Waals surface area contributed by atoms with Gasteiger partial charge in [0.15, 0.2) is 0 Å². The number of fused-ring (bicyclic) bond motifs is 3. The first-order valence-electron chi connectivity index (χ1n) is 10.4. The van der Waals surface area contributed by atoms with Gasteiger partial charge in [0.25, 0.3) is 11.5 Å². The summed E-state index contributed by atoms with van der Waals surface area (Å²) < 4.78 is 2.74. The quantitative estimate of drug-likeness (QED) is 0.591. The molecule has 1 aliphatic rings. The molecular weight excluding hydrogens is 368 g/mol. The molecule has 1 aromatic carbocycles. The number of rotatable bonds is 4. The summed E-state index contributed by atoms with van der Waals surface area (Å²) in [4.78, 5) is 29.3. The van der Waals surface area contributed by atoms with Crippen molar-refractivity contribution in [3.05, 3.63) is 45.6 Å². The second-order valence-corrected chi connectivity index (χ2v) is 9.07. The van der Waals surface area contributed by atoms with Crippen LogP contribution in [0.25, 0.3) is 21.0 Å². The fourth-order valence-electron chi connectivity index (χ4n) is 4.63. The number of hydrogen-bond donors (Lipinski definition) is 0. The van der Waals surface area contributed by atoms with Crippen LogP contribution in [-0.2, 0) is 6.54 Å². The van der Waals surface area contributed by atoms with Crippen molar-refractivity contribution in [1.29, 1.82) is 0 Å². The summed E-state index contributed by atoms with van der Waals surface area (Å²) in [7, 11) is 0. The number of para-hydroxylation sites is 1. The Morgan fingerprint density at radius 1 is 1.18 bits per heavy atom. The Hall–Kier alpha value is -2.14. The number of hydrogen-bond acceptors (Lipinski definition) is 3. The number of pyridine rings is 1. The maximum Gasteiger partial charge on any atom is 0.264 e. The molecule has 4 nitrogen and oxygen atoms in total. The number of aryl methyl sites for hydroxylation is 1. The number of amides is 1. The number of carbonyl (C=O) groups is 1. The zero-order valence-corrected chi connectivity index (χ0v) is 17.7. The summed E-state index contributed by atoms with van der Waals surface area (Å²) >= 11 is 1.47. The van der Waals surface area contributed by atoms with Gasteiger partial charge in [0.1, 0.15) is 0 Å². The van der Waals surface area contributed by atoms with E-state index in [4.69, 9.17) is 0 Å². The number of carbonyl (C=O) groups excluding carboxylic acids is 1. The predicted molar refractivity (Wildman–Crippen MR) is 117 cm³/mol. The van der Waals surface area contributed by atoms with Crippen molar-refractivity contribution >= 4 is 38.2 Å². The Balaban J connectivity index is 1.85. The van der Waals surface area contributed by atoms with Crippen LogP contribution in [0.5, 0.6) is 0 Å². The highest BCUT2D eigenvalue weighted by Gasteiger charge is 2.30. The van der Waals surface area contributed by atoms with Gasteiger partial charge in [-0.2, -0.15) is 0 Å². The molecule has 0 bridgehead atoms. The molecule has 1 saturated carbocycles. The maximum atomic E-state index is 13.5. The fourth-order valence-corrected chi connectivity index (χ4v) is 5.76. The molecule has 5 heteroatoms. The normalized spacial score (nSPS) is 15.6. The molecule has 28 heavy (non-hydrogen) atoms. The lowest BCUT2D eigenvalue weighted by atomic mass is 9.93. The lowest BCUT2D eigenvalue weighted by Crippen LogP contribution is -2.45. The Morgan fingerprint density at radius 2 is 1.89 bits per heavy atom. The SMILES string of the molecule is CCn1c(=O)c2cc(C(=O)N(C(C)C)C3CCCCC3)sc2c2ccccc21. The van der Waals surface area contributed by atoms with Crippen LogP contribution in [-0.4, -0.2) is 27.5 Å². The molecule has 0 spiro atoms. The molecule has 0 saturated heterocycles. The van der Waals surface area contributed by atoms with Crippen molar-refractivity contribution in [3.63, 3.8) is 0 Å². The minimum absolute atomic E-state index is 0.000244. The third-order valence-corrected chi connectivity index (χ3v) is 7.09. The van der Waals surface area contributed by atoms with Gasteiger partial charge in [0, 0.05) is 28.7 Å². The molecule has 1 amide bonds. The van der Waals surface area contributed by atoms with E-state index in [1.54, 1.807) is 4.57 Å². The molecule has 2 aromatic heterocycles. The largest absolute Gasteiger partial charge is 0.333 e. The number of aromatic nitrogens is 1. The summed E-state index contributed by atoms with van der Waals surface area (Å²) in [6, 6.07) is 10.3. The van der Waals surface area contributed by atoms with Crippen molar-refractivity contribution in [2.24, 2.45) is 0 Å². The average Bonchev–Trinajstić information content (AvgIpc) is 3.15. The molecular formula is C23H28N2O2S. The van der Waals surface area contributed by atoms with Crippen molar-refractivity contribution in [2.45, 2.75) is 71.5 Å². The molecule has 4 rings (SSSR count). The fraction of sp³-hybridized carbons (Fsp3) is 0.478. The van der Waals surface area contributed by atoms with Crippen LogP contribution in [0.3, 0.4) is 0 Å². The average molecular weight is 397 g/mol. The first kappa shape index (κ1) is 19.2. The molecule has 0 aliphatic heterocycles. The van der Waals surface area contributed by atoms with Gasteiger partial charge in [-0.05, 0) is 45.7 Å². The van der Waals surface area contributed by atoms with Crippen LogP contribution in [0.4, 0.5) is 0 Å². The Morgan fingerprint density at radius 3 is 2.57 bits per heavy atom. The second-order valence-electron chi connectivity index (χ2n) is 8.02. The van der Waals surface area contributed by atoms with E-state index in [-0.39, 0.29) is 17.5 Å². The molecule has 3 aromatic rings. The minimum atomic E-state index is 0.000244. The van der Waals surface area contributed by atoms with Gasteiger partial charge in [0.05, 0.1) is 15.8 Å². The third-order valence-electron chi connectivity index (χ3n) is 5.93. The zero-order chi connectivity index (χ0) is 19.8. The van der Waals surface area contributed by atoms with Gasteiger partial charge in [-0.25, -0.2) is 0 Å². The Labute approximate surface area is 169 Å². The molecule has 0 atom stereocenters. The van der Waals surface area contributed by atoms with E-state index >= 15 is 0 Å². The van der Waals surface area contributed by atoms with Crippen LogP contribution in [0.2, 0.25) is 0 Å². The third kappa shape index (κ3) is 3.16. The molecule has 1 fully saturated rings. The van der Waals surface area contributed by atoms with Gasteiger partial charge in [0.2, 0.25) is 0 Å². The predicted octanol–water partition coefficient (Wildman–Crippen LogP) is 5.42. The van der Waals surface area contributed by atoms with E-state index in [9.17, 15) is 9.59 Å². The van der Waals surface area contributed by atoms with Crippen LogP contribution in [0.1, 0.15) is 62.5 Å². The van der Waals surface area contributed by atoms with Gasteiger partial charge in [-0.3, -0.25) is 9.59 Å². The first-order chi connectivity index (χ1) is 13.5. The zero-order valence-electron chi connectivity index (χ0n) is 16.9. The molecule has 2 heterocycles. The summed E-state index contributed by atoms with van der Waals surface area (Å²) in [6.45, 7) is 6.80. The van der Waals surface area contributed by atoms with Crippen LogP contribution in [0.15, 0.2) is 35.1 Å². The first-order valence-corrected chi connectivity index (χ1v) is 11.2. The maximum absolute atomic E-state index is 13.5. The van der Waals surface area contributed by atoms with Crippen LogP contribution < -0.4 is 5.56 Å². The summed E-state index contributed by atoms with van der Waals surface area (Å²) in [6.07, 6.45) is 5.82. The Kier molecular flexibility index (Phi) is 5.28. The summed E-state index contributed by atoms with van der Waals surface area (Å²) in [5, 5.41) is 1.72. The van der Waals surface area contributed by atoms with Crippen molar-refractivity contribution < 1.29 is 4.79 Å². The minimum Gasteiger partial charge on any atom is -0.333 e. The van der Waals surface area contributed by atoms with Gasteiger partial charge >= 0.3 is 0 Å². The highest BCUT2D eigenvalue weighted by molar-refractivity contribution is 7.21. The molecule has 1 aliphatic carbocycles. The van der Waals surface area contributed by atoms with Gasteiger partial charge in [-0.1, -0.05) is 37.5 Å². The van der Waals surface area contributed by atoms with E-state index < -0.39 is 0 Å². The molecule has 0 unspecified atom stereocenters. The van der Waals surface area contributed by atoms with Crippen molar-refractivity contribution in [3.8, 4) is 0 Å². The lowest BCUT2D eigenvalue weighted by molar-refractivity contribution is 0.0560. The highest BCUT2D eigenvalue weighted by atomic mass is 32.1. The molecule has 0 N–H and O–H groups in total. The van der Waals surface area contributed by atoms with E-state index in [2.05, 4.69) is 24.8 Å². The van der Waals surface area contributed by atoms with Gasteiger partial charge < -0.3 is 9.47 Å². The number of nitrogens with zero attached hydrogens (tertiary/aromatic N) is 2.